The van der Waals surface area contributed by atoms with Gasteiger partial charge in [0.25, 0.3) is 0 Å². The van der Waals surface area contributed by atoms with E-state index in [0.29, 0.717) is 19.0 Å². The topological polar surface area (TPSA) is 68.8 Å². The fourth-order valence-electron chi connectivity index (χ4n) is 3.81. The molecule has 3 heterocycles. The molecule has 0 spiro atoms. The lowest BCUT2D eigenvalue weighted by Gasteiger charge is -2.18. The van der Waals surface area contributed by atoms with Gasteiger partial charge in [-0.15, -0.1) is 11.3 Å². The Labute approximate surface area is 177 Å². The Hall–Kier alpha value is -3.50. The zero-order valence-corrected chi connectivity index (χ0v) is 17.5. The molecule has 0 radical (unpaired) electrons. The first-order chi connectivity index (χ1) is 14.7. The minimum Gasteiger partial charge on any atom is -0.497 e. The SMILES string of the molecule is COc1ccc(-c2c(C)sc3nc(-c4ccc5c(c4)OCCO5)c(CC#N)n23)cc1. The zero-order chi connectivity index (χ0) is 20.7. The maximum atomic E-state index is 9.55. The van der Waals surface area contributed by atoms with Crippen LogP contribution in [0.25, 0.3) is 27.5 Å². The molecule has 1 aliphatic heterocycles. The van der Waals surface area contributed by atoms with Crippen molar-refractivity contribution < 1.29 is 14.2 Å². The number of imidazole rings is 1. The van der Waals surface area contributed by atoms with Crippen LogP contribution in [0.4, 0.5) is 0 Å². The van der Waals surface area contributed by atoms with E-state index in [9.17, 15) is 5.26 Å². The number of hydrogen-bond donors (Lipinski definition) is 0. The summed E-state index contributed by atoms with van der Waals surface area (Å²) in [7, 11) is 1.66. The first kappa shape index (κ1) is 18.5. The molecule has 6 nitrogen and oxygen atoms in total. The van der Waals surface area contributed by atoms with Crippen LogP contribution in [0.15, 0.2) is 42.5 Å². The third kappa shape index (κ3) is 2.97. The number of methoxy groups -OCH3 is 1. The second kappa shape index (κ2) is 7.39. The van der Waals surface area contributed by atoms with Crippen LogP contribution in [0.1, 0.15) is 10.6 Å². The molecule has 7 heteroatoms. The molecule has 0 N–H and O–H groups in total. The van der Waals surface area contributed by atoms with Gasteiger partial charge in [0.1, 0.15) is 19.0 Å². The molecule has 2 aromatic heterocycles. The van der Waals surface area contributed by atoms with E-state index in [4.69, 9.17) is 19.2 Å². The van der Waals surface area contributed by atoms with Crippen molar-refractivity contribution in [3.05, 3.63) is 53.0 Å². The Morgan fingerprint density at radius 2 is 1.83 bits per heavy atom. The highest BCUT2D eigenvalue weighted by atomic mass is 32.1. The maximum absolute atomic E-state index is 9.55. The molecule has 0 saturated carbocycles. The van der Waals surface area contributed by atoms with E-state index < -0.39 is 0 Å². The average Bonchev–Trinajstić information content (AvgIpc) is 3.28. The summed E-state index contributed by atoms with van der Waals surface area (Å²) < 4.78 is 18.8. The monoisotopic (exact) mass is 417 g/mol. The van der Waals surface area contributed by atoms with Gasteiger partial charge in [-0.3, -0.25) is 4.40 Å². The van der Waals surface area contributed by atoms with Crippen LogP contribution in [0.2, 0.25) is 0 Å². The maximum Gasteiger partial charge on any atom is 0.195 e. The molecule has 5 rings (SSSR count). The predicted molar refractivity (Wildman–Crippen MR) is 116 cm³/mol. The third-order valence-corrected chi connectivity index (χ3v) is 6.13. The van der Waals surface area contributed by atoms with Gasteiger partial charge in [-0.1, -0.05) is 0 Å². The van der Waals surface area contributed by atoms with Crippen LogP contribution >= 0.6 is 11.3 Å². The van der Waals surface area contributed by atoms with Crippen molar-refractivity contribution in [3.63, 3.8) is 0 Å². The van der Waals surface area contributed by atoms with Gasteiger partial charge < -0.3 is 14.2 Å². The highest BCUT2D eigenvalue weighted by Gasteiger charge is 2.22. The Balaban J connectivity index is 1.70. The summed E-state index contributed by atoms with van der Waals surface area (Å²) in [6, 6.07) is 16.1. The van der Waals surface area contributed by atoms with Crippen LogP contribution in [0, 0.1) is 18.3 Å². The molecule has 0 aliphatic carbocycles. The Morgan fingerprint density at radius 1 is 1.10 bits per heavy atom. The van der Waals surface area contributed by atoms with E-state index >= 15 is 0 Å². The Morgan fingerprint density at radius 3 is 2.57 bits per heavy atom. The largest absolute Gasteiger partial charge is 0.497 e. The molecule has 0 bridgehead atoms. The molecule has 150 valence electrons. The standard InChI is InChI=1S/C23H19N3O3S/c1-14-22(15-3-6-17(27-2)7-4-15)26-18(9-10-24)21(25-23(26)30-14)16-5-8-19-20(13-16)29-12-11-28-19/h3-8,13H,9,11-12H2,1-2H3. The van der Waals surface area contributed by atoms with Gasteiger partial charge in [-0.2, -0.15) is 5.26 Å². The second-order valence-electron chi connectivity index (χ2n) is 6.95. The number of aryl methyl sites for hydroxylation is 1. The fraction of sp³-hybridized carbons (Fsp3) is 0.217. The summed E-state index contributed by atoms with van der Waals surface area (Å²) in [6.45, 7) is 3.16. The molecule has 0 unspecified atom stereocenters. The van der Waals surface area contributed by atoms with E-state index in [1.165, 1.54) is 0 Å². The number of fused-ring (bicyclic) bond motifs is 2. The molecular weight excluding hydrogens is 398 g/mol. The predicted octanol–water partition coefficient (Wildman–Crippen LogP) is 4.88. The van der Waals surface area contributed by atoms with Crippen molar-refractivity contribution in [2.45, 2.75) is 13.3 Å². The second-order valence-corrected chi connectivity index (χ2v) is 8.14. The molecule has 4 aromatic rings. The molecule has 30 heavy (non-hydrogen) atoms. The first-order valence-corrected chi connectivity index (χ1v) is 10.4. The number of benzene rings is 2. The first-order valence-electron chi connectivity index (χ1n) is 9.61. The Bertz CT molecular complexity index is 1280. The fourth-order valence-corrected chi connectivity index (χ4v) is 4.82. The van der Waals surface area contributed by atoms with E-state index in [1.807, 2.05) is 42.5 Å². The lowest BCUT2D eigenvalue weighted by molar-refractivity contribution is 0.171. The van der Waals surface area contributed by atoms with Crippen LogP contribution < -0.4 is 14.2 Å². The molecule has 2 aromatic carbocycles. The van der Waals surface area contributed by atoms with Crippen molar-refractivity contribution in [3.8, 4) is 45.8 Å². The number of thiazole rings is 1. The number of ether oxygens (including phenoxy) is 3. The summed E-state index contributed by atoms with van der Waals surface area (Å²) in [5, 5.41) is 9.55. The van der Waals surface area contributed by atoms with E-state index in [-0.39, 0.29) is 6.42 Å². The highest BCUT2D eigenvalue weighted by molar-refractivity contribution is 7.17. The van der Waals surface area contributed by atoms with Gasteiger partial charge in [0, 0.05) is 10.4 Å². The van der Waals surface area contributed by atoms with Crippen LogP contribution in [0.5, 0.6) is 17.2 Å². The highest BCUT2D eigenvalue weighted by Crippen LogP contribution is 2.39. The number of hydrogen-bond acceptors (Lipinski definition) is 6. The lowest BCUT2D eigenvalue weighted by Crippen LogP contribution is -2.15. The van der Waals surface area contributed by atoms with Crippen molar-refractivity contribution >= 4 is 16.3 Å². The van der Waals surface area contributed by atoms with Crippen LogP contribution in [0.3, 0.4) is 0 Å². The summed E-state index contributed by atoms with van der Waals surface area (Å²) in [5.74, 6) is 2.26. The lowest BCUT2D eigenvalue weighted by atomic mass is 10.1. The smallest absolute Gasteiger partial charge is 0.195 e. The zero-order valence-electron chi connectivity index (χ0n) is 16.6. The number of aromatic nitrogens is 2. The van der Waals surface area contributed by atoms with Crippen molar-refractivity contribution in [1.82, 2.24) is 9.38 Å². The molecular formula is C23H19N3O3S. The normalized spacial score (nSPS) is 12.7. The summed E-state index contributed by atoms with van der Waals surface area (Å²) >= 11 is 1.62. The molecule has 0 atom stereocenters. The molecule has 0 saturated heterocycles. The summed E-state index contributed by atoms with van der Waals surface area (Å²) in [5.41, 5.74) is 4.71. The van der Waals surface area contributed by atoms with Gasteiger partial charge in [-0.25, -0.2) is 4.98 Å². The van der Waals surface area contributed by atoms with Crippen LogP contribution in [-0.4, -0.2) is 29.7 Å². The molecule has 1 aliphatic rings. The van der Waals surface area contributed by atoms with Gasteiger partial charge in [0.15, 0.2) is 16.5 Å². The average molecular weight is 417 g/mol. The minimum absolute atomic E-state index is 0.254. The number of rotatable bonds is 4. The van der Waals surface area contributed by atoms with Gasteiger partial charge in [0.2, 0.25) is 0 Å². The van der Waals surface area contributed by atoms with Crippen molar-refractivity contribution in [2.24, 2.45) is 0 Å². The van der Waals surface area contributed by atoms with Crippen molar-refractivity contribution in [1.29, 1.82) is 5.26 Å². The van der Waals surface area contributed by atoms with E-state index in [1.54, 1.807) is 18.4 Å². The van der Waals surface area contributed by atoms with Gasteiger partial charge >= 0.3 is 0 Å². The third-order valence-electron chi connectivity index (χ3n) is 5.17. The number of nitrogens with zero attached hydrogens (tertiary/aromatic N) is 3. The van der Waals surface area contributed by atoms with E-state index in [0.717, 1.165) is 49.5 Å². The number of nitriles is 1. The van der Waals surface area contributed by atoms with Crippen LogP contribution in [-0.2, 0) is 6.42 Å². The van der Waals surface area contributed by atoms with Gasteiger partial charge in [0.05, 0.1) is 36.7 Å². The molecule has 0 fully saturated rings. The summed E-state index contributed by atoms with van der Waals surface area (Å²) in [4.78, 5) is 6.92. The summed E-state index contributed by atoms with van der Waals surface area (Å²) in [6.07, 6.45) is 0.254. The van der Waals surface area contributed by atoms with E-state index in [2.05, 4.69) is 17.4 Å². The minimum atomic E-state index is 0.254. The Kier molecular flexibility index (Phi) is 4.57. The molecule has 0 amide bonds. The quantitative estimate of drug-likeness (QED) is 0.473. The van der Waals surface area contributed by atoms with Crippen molar-refractivity contribution in [2.75, 3.05) is 20.3 Å². The van der Waals surface area contributed by atoms with Gasteiger partial charge in [-0.05, 0) is 55.0 Å².